The topological polar surface area (TPSA) is 43.6 Å². The Hall–Kier alpha value is -1.66. The van der Waals surface area contributed by atoms with Crippen molar-refractivity contribution in [3.8, 4) is 5.69 Å². The third-order valence-electron chi connectivity index (χ3n) is 3.28. The number of tetrazole rings is 1. The van der Waals surface area contributed by atoms with Crippen LogP contribution in [0, 0.1) is 13.8 Å². The van der Waals surface area contributed by atoms with Gasteiger partial charge in [-0.05, 0) is 53.6 Å². The molecule has 2 aromatic carbocycles. The zero-order chi connectivity index (χ0) is 15.5. The lowest BCUT2D eigenvalue weighted by molar-refractivity contribution is 0.751. The zero-order valence-corrected chi connectivity index (χ0v) is 14.7. The van der Waals surface area contributed by atoms with Gasteiger partial charge in [0.1, 0.15) is 0 Å². The first kappa shape index (κ1) is 15.2. The van der Waals surface area contributed by atoms with E-state index < -0.39 is 0 Å². The Morgan fingerprint density at radius 1 is 1.14 bits per heavy atom. The van der Waals surface area contributed by atoms with E-state index in [1.54, 1.807) is 16.4 Å². The van der Waals surface area contributed by atoms with Crippen molar-refractivity contribution in [3.05, 3.63) is 63.6 Å². The first-order valence-electron chi connectivity index (χ1n) is 6.87. The third-order valence-corrected chi connectivity index (χ3v) is 4.76. The van der Waals surface area contributed by atoms with Gasteiger partial charge in [-0.25, -0.2) is 0 Å². The number of hydrogen-bond acceptors (Lipinski definition) is 4. The largest absolute Gasteiger partial charge is 0.214 e. The van der Waals surface area contributed by atoms with Gasteiger partial charge in [0, 0.05) is 10.2 Å². The van der Waals surface area contributed by atoms with Gasteiger partial charge in [-0.1, -0.05) is 57.5 Å². The van der Waals surface area contributed by atoms with Gasteiger partial charge in [-0.15, -0.1) is 5.10 Å². The highest BCUT2D eigenvalue weighted by Crippen LogP contribution is 2.25. The van der Waals surface area contributed by atoms with Crippen molar-refractivity contribution in [2.24, 2.45) is 0 Å². The fourth-order valence-corrected chi connectivity index (χ4v) is 3.51. The molecule has 0 atom stereocenters. The summed E-state index contributed by atoms with van der Waals surface area (Å²) in [5.41, 5.74) is 4.65. The molecule has 0 bridgehead atoms. The van der Waals surface area contributed by atoms with E-state index in [1.807, 2.05) is 12.1 Å². The van der Waals surface area contributed by atoms with Crippen LogP contribution in [-0.4, -0.2) is 20.2 Å². The SMILES string of the molecule is Cc1ccc(-n2nnnc2SCc2cccc(Br)c2)c(C)c1. The molecule has 1 aromatic heterocycles. The molecule has 0 spiro atoms. The summed E-state index contributed by atoms with van der Waals surface area (Å²) in [6.07, 6.45) is 0. The standard InChI is InChI=1S/C16H15BrN4S/c1-11-6-7-15(12(2)8-11)21-16(18-19-20-21)22-10-13-4-3-5-14(17)9-13/h3-9H,10H2,1-2H3. The Morgan fingerprint density at radius 3 is 2.77 bits per heavy atom. The molecular formula is C16H15BrN4S. The van der Waals surface area contributed by atoms with Crippen molar-refractivity contribution in [2.75, 3.05) is 0 Å². The van der Waals surface area contributed by atoms with Gasteiger partial charge in [-0.2, -0.15) is 4.68 Å². The van der Waals surface area contributed by atoms with Crippen LogP contribution in [0.15, 0.2) is 52.1 Å². The van der Waals surface area contributed by atoms with Gasteiger partial charge in [0.15, 0.2) is 0 Å². The van der Waals surface area contributed by atoms with Crippen molar-refractivity contribution in [3.63, 3.8) is 0 Å². The van der Waals surface area contributed by atoms with Crippen LogP contribution in [0.3, 0.4) is 0 Å². The van der Waals surface area contributed by atoms with E-state index in [0.717, 1.165) is 26.6 Å². The predicted molar refractivity (Wildman–Crippen MR) is 92.3 cm³/mol. The van der Waals surface area contributed by atoms with Crippen LogP contribution in [-0.2, 0) is 5.75 Å². The number of halogens is 1. The molecule has 0 fully saturated rings. The fraction of sp³-hybridized carbons (Fsp3) is 0.188. The maximum Gasteiger partial charge on any atom is 0.214 e. The maximum absolute atomic E-state index is 4.15. The molecule has 22 heavy (non-hydrogen) atoms. The second-order valence-electron chi connectivity index (χ2n) is 5.08. The summed E-state index contributed by atoms with van der Waals surface area (Å²) in [4.78, 5) is 0. The molecule has 3 aromatic rings. The Bertz CT molecular complexity index is 800. The van der Waals surface area contributed by atoms with Crippen LogP contribution in [0.25, 0.3) is 5.69 Å². The minimum absolute atomic E-state index is 0.798. The molecule has 0 aliphatic carbocycles. The average molecular weight is 375 g/mol. The van der Waals surface area contributed by atoms with Gasteiger partial charge in [0.25, 0.3) is 0 Å². The summed E-state index contributed by atoms with van der Waals surface area (Å²) >= 11 is 5.12. The lowest BCUT2D eigenvalue weighted by atomic mass is 10.1. The van der Waals surface area contributed by atoms with Crippen LogP contribution >= 0.6 is 27.7 Å². The molecular weight excluding hydrogens is 360 g/mol. The third kappa shape index (κ3) is 3.39. The smallest absolute Gasteiger partial charge is 0.187 e. The molecule has 3 rings (SSSR count). The number of hydrogen-bond donors (Lipinski definition) is 0. The van der Waals surface area contributed by atoms with Gasteiger partial charge in [0.05, 0.1) is 5.69 Å². The highest BCUT2D eigenvalue weighted by Gasteiger charge is 2.11. The quantitative estimate of drug-likeness (QED) is 0.637. The second kappa shape index (κ2) is 6.62. The van der Waals surface area contributed by atoms with E-state index in [2.05, 4.69) is 75.6 Å². The molecule has 0 N–H and O–H groups in total. The molecule has 0 radical (unpaired) electrons. The summed E-state index contributed by atoms with van der Waals surface area (Å²) in [7, 11) is 0. The maximum atomic E-state index is 4.15. The van der Waals surface area contributed by atoms with E-state index in [9.17, 15) is 0 Å². The monoisotopic (exact) mass is 374 g/mol. The normalized spacial score (nSPS) is 10.9. The number of thioether (sulfide) groups is 1. The highest BCUT2D eigenvalue weighted by atomic mass is 79.9. The van der Waals surface area contributed by atoms with Crippen molar-refractivity contribution in [2.45, 2.75) is 24.8 Å². The van der Waals surface area contributed by atoms with Crippen molar-refractivity contribution in [1.82, 2.24) is 20.2 Å². The first-order chi connectivity index (χ1) is 10.6. The number of benzene rings is 2. The van der Waals surface area contributed by atoms with E-state index in [-0.39, 0.29) is 0 Å². The molecule has 4 nitrogen and oxygen atoms in total. The van der Waals surface area contributed by atoms with Gasteiger partial charge >= 0.3 is 0 Å². The van der Waals surface area contributed by atoms with Crippen molar-refractivity contribution < 1.29 is 0 Å². The predicted octanol–water partition coefficient (Wildman–Crippen LogP) is 4.33. The van der Waals surface area contributed by atoms with E-state index in [4.69, 9.17) is 0 Å². The Labute approximate surface area is 142 Å². The molecule has 1 heterocycles. The number of aromatic nitrogens is 4. The van der Waals surface area contributed by atoms with E-state index in [0.29, 0.717) is 0 Å². The fourth-order valence-electron chi connectivity index (χ4n) is 2.24. The number of rotatable bonds is 4. The average Bonchev–Trinajstić information content (AvgIpc) is 2.93. The molecule has 0 aliphatic rings. The van der Waals surface area contributed by atoms with Crippen LogP contribution in [0.4, 0.5) is 0 Å². The van der Waals surface area contributed by atoms with Crippen LogP contribution in [0.1, 0.15) is 16.7 Å². The molecule has 0 saturated carbocycles. The molecule has 0 unspecified atom stereocenters. The molecule has 6 heteroatoms. The summed E-state index contributed by atoms with van der Waals surface area (Å²) in [6, 6.07) is 14.5. The summed E-state index contributed by atoms with van der Waals surface area (Å²) in [6.45, 7) is 4.16. The van der Waals surface area contributed by atoms with Crippen LogP contribution in [0.2, 0.25) is 0 Å². The minimum atomic E-state index is 0.798. The molecule has 0 amide bonds. The number of aryl methyl sites for hydroxylation is 2. The van der Waals surface area contributed by atoms with Crippen LogP contribution < -0.4 is 0 Å². The molecule has 0 saturated heterocycles. The molecule has 0 aliphatic heterocycles. The number of nitrogens with zero attached hydrogens (tertiary/aromatic N) is 4. The van der Waals surface area contributed by atoms with Gasteiger partial charge < -0.3 is 0 Å². The minimum Gasteiger partial charge on any atom is -0.187 e. The molecule has 112 valence electrons. The van der Waals surface area contributed by atoms with E-state index >= 15 is 0 Å². The summed E-state index contributed by atoms with van der Waals surface area (Å²) < 4.78 is 2.89. The first-order valence-corrected chi connectivity index (χ1v) is 8.64. The summed E-state index contributed by atoms with van der Waals surface area (Å²) in [5.74, 6) is 0.824. The lowest BCUT2D eigenvalue weighted by Gasteiger charge is -2.08. The zero-order valence-electron chi connectivity index (χ0n) is 12.3. The van der Waals surface area contributed by atoms with Gasteiger partial charge in [-0.3, -0.25) is 0 Å². The van der Waals surface area contributed by atoms with Crippen molar-refractivity contribution >= 4 is 27.7 Å². The highest BCUT2D eigenvalue weighted by molar-refractivity contribution is 9.10. The Balaban J connectivity index is 1.83. The van der Waals surface area contributed by atoms with E-state index in [1.165, 1.54) is 11.1 Å². The lowest BCUT2D eigenvalue weighted by Crippen LogP contribution is -2.01. The summed E-state index contributed by atoms with van der Waals surface area (Å²) in [5, 5.41) is 12.9. The van der Waals surface area contributed by atoms with Crippen molar-refractivity contribution in [1.29, 1.82) is 0 Å². The second-order valence-corrected chi connectivity index (χ2v) is 6.94. The Kier molecular flexibility index (Phi) is 4.59. The van der Waals surface area contributed by atoms with Crippen LogP contribution in [0.5, 0.6) is 0 Å². The van der Waals surface area contributed by atoms with Gasteiger partial charge in [0.2, 0.25) is 5.16 Å². The Morgan fingerprint density at radius 2 is 2.00 bits per heavy atom.